The largest absolute Gasteiger partial charge is 0.383 e. The van der Waals surface area contributed by atoms with Crippen LogP contribution in [-0.4, -0.2) is 36.3 Å². The average molecular weight is 310 g/mol. The number of carbonyl (C=O) groups excluding carboxylic acids is 1. The Bertz CT molecular complexity index is 583. The molecule has 21 heavy (non-hydrogen) atoms. The number of nitrogens with one attached hydrogen (secondary N) is 1. The van der Waals surface area contributed by atoms with E-state index < -0.39 is 0 Å². The van der Waals surface area contributed by atoms with Crippen molar-refractivity contribution in [3.8, 4) is 11.4 Å². The second kappa shape index (κ2) is 7.75. The standard InChI is InChI=1S/C14H16ClN3O3/c1-20-9-8-16-12(19)6-7-13-17-14(18-21-13)10-2-4-11(15)5-3-10/h2-5H,6-9H2,1H3,(H,16,19). The molecule has 1 N–H and O–H groups in total. The first-order chi connectivity index (χ1) is 10.2. The maximum absolute atomic E-state index is 11.5. The summed E-state index contributed by atoms with van der Waals surface area (Å²) < 4.78 is 9.98. The molecule has 0 saturated heterocycles. The minimum atomic E-state index is -0.0710. The maximum Gasteiger partial charge on any atom is 0.227 e. The van der Waals surface area contributed by atoms with Crippen molar-refractivity contribution < 1.29 is 14.1 Å². The smallest absolute Gasteiger partial charge is 0.227 e. The van der Waals surface area contributed by atoms with Gasteiger partial charge in [0.25, 0.3) is 0 Å². The molecule has 1 aromatic heterocycles. The van der Waals surface area contributed by atoms with Gasteiger partial charge in [-0.05, 0) is 24.3 Å². The molecule has 6 nitrogen and oxygen atoms in total. The summed E-state index contributed by atoms with van der Waals surface area (Å²) in [4.78, 5) is 15.8. The zero-order valence-corrected chi connectivity index (χ0v) is 12.4. The Labute approximate surface area is 127 Å². The van der Waals surface area contributed by atoms with Crippen molar-refractivity contribution in [2.45, 2.75) is 12.8 Å². The van der Waals surface area contributed by atoms with E-state index in [0.717, 1.165) is 5.56 Å². The summed E-state index contributed by atoms with van der Waals surface area (Å²) in [5, 5.41) is 7.27. The van der Waals surface area contributed by atoms with Crippen LogP contribution in [0.5, 0.6) is 0 Å². The molecule has 0 aliphatic rings. The molecular formula is C14H16ClN3O3. The second-order valence-corrected chi connectivity index (χ2v) is 4.80. The highest BCUT2D eigenvalue weighted by Crippen LogP contribution is 2.18. The minimum Gasteiger partial charge on any atom is -0.383 e. The number of halogens is 1. The van der Waals surface area contributed by atoms with E-state index in [0.29, 0.717) is 42.7 Å². The number of benzene rings is 1. The Hall–Kier alpha value is -1.92. The molecule has 0 fully saturated rings. The monoisotopic (exact) mass is 309 g/mol. The van der Waals surface area contributed by atoms with Crippen molar-refractivity contribution in [2.24, 2.45) is 0 Å². The minimum absolute atomic E-state index is 0.0710. The number of aryl methyl sites for hydroxylation is 1. The zero-order valence-electron chi connectivity index (χ0n) is 11.6. The molecule has 0 aliphatic heterocycles. The average Bonchev–Trinajstić information content (AvgIpc) is 2.95. The first kappa shape index (κ1) is 15.5. The number of hydrogen-bond donors (Lipinski definition) is 1. The Kier molecular flexibility index (Phi) is 5.71. The van der Waals surface area contributed by atoms with Gasteiger partial charge in [-0.25, -0.2) is 0 Å². The molecule has 1 heterocycles. The van der Waals surface area contributed by atoms with Crippen LogP contribution in [0.1, 0.15) is 12.3 Å². The van der Waals surface area contributed by atoms with Gasteiger partial charge in [0.1, 0.15) is 0 Å². The van der Waals surface area contributed by atoms with Crippen LogP contribution < -0.4 is 5.32 Å². The summed E-state index contributed by atoms with van der Waals surface area (Å²) in [7, 11) is 1.59. The fourth-order valence-electron chi connectivity index (χ4n) is 1.67. The number of amides is 1. The van der Waals surface area contributed by atoms with Crippen LogP contribution in [0, 0.1) is 0 Å². The third-order valence-electron chi connectivity index (χ3n) is 2.76. The van der Waals surface area contributed by atoms with Gasteiger partial charge in [-0.2, -0.15) is 4.98 Å². The molecule has 112 valence electrons. The van der Waals surface area contributed by atoms with E-state index in [1.54, 1.807) is 19.2 Å². The first-order valence-electron chi connectivity index (χ1n) is 6.53. The third kappa shape index (κ3) is 4.84. The molecule has 1 amide bonds. The quantitative estimate of drug-likeness (QED) is 0.792. The number of hydrogen-bond acceptors (Lipinski definition) is 5. The van der Waals surface area contributed by atoms with Crippen molar-refractivity contribution in [3.63, 3.8) is 0 Å². The summed E-state index contributed by atoms with van der Waals surface area (Å²) in [5.74, 6) is 0.849. The molecular weight excluding hydrogens is 294 g/mol. The van der Waals surface area contributed by atoms with Crippen molar-refractivity contribution in [2.75, 3.05) is 20.3 Å². The van der Waals surface area contributed by atoms with Gasteiger partial charge in [-0.3, -0.25) is 4.79 Å². The molecule has 0 unspecified atom stereocenters. The predicted molar refractivity (Wildman–Crippen MR) is 78.0 cm³/mol. The van der Waals surface area contributed by atoms with E-state index in [9.17, 15) is 4.79 Å². The number of carbonyl (C=O) groups is 1. The Morgan fingerprint density at radius 3 is 2.86 bits per heavy atom. The van der Waals surface area contributed by atoms with Crippen LogP contribution in [0.15, 0.2) is 28.8 Å². The van der Waals surface area contributed by atoms with E-state index in [2.05, 4.69) is 15.5 Å². The lowest BCUT2D eigenvalue weighted by Gasteiger charge is -2.02. The number of methoxy groups -OCH3 is 1. The molecule has 0 atom stereocenters. The summed E-state index contributed by atoms with van der Waals surface area (Å²) in [6, 6.07) is 7.15. The lowest BCUT2D eigenvalue weighted by molar-refractivity contribution is -0.121. The van der Waals surface area contributed by atoms with Gasteiger partial charge >= 0.3 is 0 Å². The summed E-state index contributed by atoms with van der Waals surface area (Å²) >= 11 is 5.82. The molecule has 0 saturated carbocycles. The Morgan fingerprint density at radius 2 is 2.14 bits per heavy atom. The van der Waals surface area contributed by atoms with E-state index in [1.165, 1.54) is 0 Å². The van der Waals surface area contributed by atoms with Crippen LogP contribution in [0.2, 0.25) is 5.02 Å². The van der Waals surface area contributed by atoms with Gasteiger partial charge in [0.05, 0.1) is 6.61 Å². The van der Waals surface area contributed by atoms with Gasteiger partial charge in [0.2, 0.25) is 17.6 Å². The molecule has 7 heteroatoms. The fourth-order valence-corrected chi connectivity index (χ4v) is 1.80. The van der Waals surface area contributed by atoms with Crippen molar-refractivity contribution in [1.29, 1.82) is 0 Å². The second-order valence-electron chi connectivity index (χ2n) is 4.36. The Balaban J connectivity index is 1.86. The maximum atomic E-state index is 11.5. The molecule has 1 aromatic carbocycles. The lowest BCUT2D eigenvalue weighted by atomic mass is 10.2. The third-order valence-corrected chi connectivity index (χ3v) is 3.02. The highest BCUT2D eigenvalue weighted by atomic mass is 35.5. The van der Waals surface area contributed by atoms with Crippen LogP contribution in [0.4, 0.5) is 0 Å². The van der Waals surface area contributed by atoms with E-state index in [1.807, 2.05) is 12.1 Å². The highest BCUT2D eigenvalue weighted by Gasteiger charge is 2.10. The molecule has 0 bridgehead atoms. The van der Waals surface area contributed by atoms with Crippen LogP contribution in [0.3, 0.4) is 0 Å². The van der Waals surface area contributed by atoms with Crippen LogP contribution in [0.25, 0.3) is 11.4 Å². The molecule has 2 aromatic rings. The van der Waals surface area contributed by atoms with Gasteiger partial charge in [-0.15, -0.1) is 0 Å². The van der Waals surface area contributed by atoms with Crippen LogP contribution >= 0.6 is 11.6 Å². The van der Waals surface area contributed by atoms with Crippen molar-refractivity contribution >= 4 is 17.5 Å². The number of aromatic nitrogens is 2. The van der Waals surface area contributed by atoms with E-state index >= 15 is 0 Å². The van der Waals surface area contributed by atoms with Gasteiger partial charge in [0.15, 0.2) is 0 Å². The van der Waals surface area contributed by atoms with Crippen molar-refractivity contribution in [1.82, 2.24) is 15.5 Å². The summed E-state index contributed by atoms with van der Waals surface area (Å²) in [6.07, 6.45) is 0.700. The molecule has 0 radical (unpaired) electrons. The topological polar surface area (TPSA) is 77.2 Å². The normalized spacial score (nSPS) is 10.6. The van der Waals surface area contributed by atoms with Crippen LogP contribution in [-0.2, 0) is 16.0 Å². The van der Waals surface area contributed by atoms with Crippen molar-refractivity contribution in [3.05, 3.63) is 35.2 Å². The molecule has 0 spiro atoms. The zero-order chi connectivity index (χ0) is 15.1. The van der Waals surface area contributed by atoms with Gasteiger partial charge in [0, 0.05) is 37.1 Å². The summed E-state index contributed by atoms with van der Waals surface area (Å²) in [6.45, 7) is 0.988. The van der Waals surface area contributed by atoms with E-state index in [-0.39, 0.29) is 5.91 Å². The van der Waals surface area contributed by atoms with E-state index in [4.69, 9.17) is 20.9 Å². The molecule has 2 rings (SSSR count). The SMILES string of the molecule is COCCNC(=O)CCc1nc(-c2ccc(Cl)cc2)no1. The molecule has 0 aliphatic carbocycles. The number of ether oxygens (including phenoxy) is 1. The number of nitrogens with zero attached hydrogens (tertiary/aromatic N) is 2. The first-order valence-corrected chi connectivity index (χ1v) is 6.91. The highest BCUT2D eigenvalue weighted by molar-refractivity contribution is 6.30. The number of rotatable bonds is 7. The summed E-state index contributed by atoms with van der Waals surface area (Å²) in [5.41, 5.74) is 0.818. The Morgan fingerprint density at radius 1 is 1.38 bits per heavy atom. The van der Waals surface area contributed by atoms with Gasteiger partial charge in [-0.1, -0.05) is 16.8 Å². The predicted octanol–water partition coefficient (Wildman–Crippen LogP) is 2.09. The fraction of sp³-hybridized carbons (Fsp3) is 0.357. The van der Waals surface area contributed by atoms with Gasteiger partial charge < -0.3 is 14.6 Å². The lowest BCUT2D eigenvalue weighted by Crippen LogP contribution is -2.27.